The van der Waals surface area contributed by atoms with Crippen LogP contribution >= 0.6 is 15.9 Å². The number of fused-ring (bicyclic) bond motifs is 1. The first-order valence-corrected chi connectivity index (χ1v) is 7.58. The van der Waals surface area contributed by atoms with Gasteiger partial charge in [0.25, 0.3) is 0 Å². The average molecular weight is 343 g/mol. The van der Waals surface area contributed by atoms with E-state index in [0.29, 0.717) is 0 Å². The Bertz CT molecular complexity index is 768. The van der Waals surface area contributed by atoms with E-state index >= 15 is 0 Å². The van der Waals surface area contributed by atoms with Crippen LogP contribution in [0, 0.1) is 0 Å². The minimum atomic E-state index is 0.748. The molecular weight excluding hydrogens is 328 g/mol. The van der Waals surface area contributed by atoms with Gasteiger partial charge in [-0.2, -0.15) is 0 Å². The first-order chi connectivity index (χ1) is 10.3. The van der Waals surface area contributed by atoms with E-state index in [4.69, 9.17) is 0 Å². The van der Waals surface area contributed by atoms with Crippen molar-refractivity contribution in [1.82, 2.24) is 9.97 Å². The summed E-state index contributed by atoms with van der Waals surface area (Å²) >= 11 is 3.55. The van der Waals surface area contributed by atoms with Crippen molar-refractivity contribution >= 4 is 44.0 Å². The molecule has 0 aliphatic carbocycles. The first-order valence-electron chi connectivity index (χ1n) is 6.78. The lowest BCUT2D eigenvalue weighted by Gasteiger charge is -2.12. The number of nitrogens with zero attached hydrogens (tertiary/aromatic N) is 2. The number of rotatable bonds is 4. The molecule has 0 unspecified atom stereocenters. The molecule has 0 radical (unpaired) electrons. The van der Waals surface area contributed by atoms with E-state index in [1.807, 2.05) is 31.2 Å². The molecule has 4 nitrogen and oxygen atoms in total. The Morgan fingerprint density at radius 3 is 2.62 bits per heavy atom. The van der Waals surface area contributed by atoms with Gasteiger partial charge in [-0.3, -0.25) is 0 Å². The van der Waals surface area contributed by atoms with Gasteiger partial charge in [-0.15, -0.1) is 0 Å². The second-order valence-corrected chi connectivity index (χ2v) is 5.36. The normalized spacial score (nSPS) is 10.6. The molecule has 5 heteroatoms. The molecule has 3 aromatic rings. The van der Waals surface area contributed by atoms with Crippen molar-refractivity contribution in [3.8, 4) is 0 Å². The van der Waals surface area contributed by atoms with Crippen LogP contribution in [0.25, 0.3) is 10.8 Å². The Kier molecular flexibility index (Phi) is 4.01. The van der Waals surface area contributed by atoms with Gasteiger partial charge >= 0.3 is 0 Å². The fraction of sp³-hybridized carbons (Fsp3) is 0.125. The monoisotopic (exact) mass is 342 g/mol. The minimum Gasteiger partial charge on any atom is -0.369 e. The predicted molar refractivity (Wildman–Crippen MR) is 91.1 cm³/mol. The number of aromatic nitrogens is 2. The summed E-state index contributed by atoms with van der Waals surface area (Å²) in [6, 6.07) is 14.4. The van der Waals surface area contributed by atoms with Gasteiger partial charge in [0, 0.05) is 17.6 Å². The molecule has 0 spiro atoms. The van der Waals surface area contributed by atoms with Crippen LogP contribution in [0.3, 0.4) is 0 Å². The van der Waals surface area contributed by atoms with E-state index in [1.54, 1.807) is 6.33 Å². The molecule has 0 saturated carbocycles. The van der Waals surface area contributed by atoms with Crippen LogP contribution in [-0.2, 0) is 0 Å². The third-order valence-corrected chi connectivity index (χ3v) is 3.93. The highest BCUT2D eigenvalue weighted by molar-refractivity contribution is 9.10. The first kappa shape index (κ1) is 13.8. The average Bonchev–Trinajstić information content (AvgIpc) is 2.52. The zero-order chi connectivity index (χ0) is 14.7. The zero-order valence-corrected chi connectivity index (χ0v) is 13.2. The quantitative estimate of drug-likeness (QED) is 0.729. The van der Waals surface area contributed by atoms with Gasteiger partial charge in [0.2, 0.25) is 0 Å². The van der Waals surface area contributed by atoms with E-state index in [9.17, 15) is 0 Å². The van der Waals surface area contributed by atoms with Crippen molar-refractivity contribution in [2.45, 2.75) is 6.92 Å². The van der Waals surface area contributed by atoms with Gasteiger partial charge in [-0.1, -0.05) is 36.4 Å². The van der Waals surface area contributed by atoms with E-state index in [1.165, 1.54) is 5.39 Å². The van der Waals surface area contributed by atoms with Crippen molar-refractivity contribution in [2.75, 3.05) is 17.2 Å². The van der Waals surface area contributed by atoms with Crippen LogP contribution in [0.1, 0.15) is 6.92 Å². The summed E-state index contributed by atoms with van der Waals surface area (Å²) < 4.78 is 0.833. The summed E-state index contributed by atoms with van der Waals surface area (Å²) in [4.78, 5) is 8.54. The standard InChI is InChI=1S/C16H15BrN4/c1-2-18-15-14(17)16(20-10-19-15)21-13-9-5-7-11-6-3-4-8-12(11)13/h3-10H,2H2,1H3,(H2,18,19,20,21). The third-order valence-electron chi connectivity index (χ3n) is 3.18. The van der Waals surface area contributed by atoms with Crippen molar-refractivity contribution in [1.29, 1.82) is 0 Å². The molecule has 0 amide bonds. The zero-order valence-electron chi connectivity index (χ0n) is 11.6. The molecule has 0 aliphatic heterocycles. The minimum absolute atomic E-state index is 0.748. The Morgan fingerprint density at radius 1 is 1.00 bits per heavy atom. The fourth-order valence-corrected chi connectivity index (χ4v) is 2.65. The number of hydrogen-bond acceptors (Lipinski definition) is 4. The van der Waals surface area contributed by atoms with Crippen LogP contribution in [0.5, 0.6) is 0 Å². The van der Waals surface area contributed by atoms with Crippen molar-refractivity contribution in [3.05, 3.63) is 53.3 Å². The molecular formula is C16H15BrN4. The van der Waals surface area contributed by atoms with Crippen LogP contribution in [0.4, 0.5) is 17.3 Å². The number of nitrogens with one attached hydrogen (secondary N) is 2. The number of halogens is 1. The van der Waals surface area contributed by atoms with Gasteiger partial charge in [-0.25, -0.2) is 9.97 Å². The molecule has 1 aromatic heterocycles. The highest BCUT2D eigenvalue weighted by Crippen LogP contribution is 2.31. The van der Waals surface area contributed by atoms with Gasteiger partial charge in [0.1, 0.15) is 22.4 Å². The Balaban J connectivity index is 2.01. The van der Waals surface area contributed by atoms with Crippen LogP contribution in [-0.4, -0.2) is 16.5 Å². The smallest absolute Gasteiger partial charge is 0.150 e. The summed E-state index contributed by atoms with van der Waals surface area (Å²) in [6.45, 7) is 2.84. The van der Waals surface area contributed by atoms with Crippen molar-refractivity contribution in [3.63, 3.8) is 0 Å². The maximum absolute atomic E-state index is 4.31. The van der Waals surface area contributed by atoms with Gasteiger partial charge in [0.15, 0.2) is 0 Å². The fourth-order valence-electron chi connectivity index (χ4n) is 2.21. The largest absolute Gasteiger partial charge is 0.369 e. The molecule has 0 bridgehead atoms. The summed E-state index contributed by atoms with van der Waals surface area (Å²) in [7, 11) is 0. The lowest BCUT2D eigenvalue weighted by Crippen LogP contribution is -2.03. The molecule has 0 saturated heterocycles. The molecule has 0 aliphatic rings. The van der Waals surface area contributed by atoms with Crippen LogP contribution < -0.4 is 10.6 Å². The van der Waals surface area contributed by atoms with Crippen LogP contribution in [0.2, 0.25) is 0 Å². The Labute approximate surface area is 131 Å². The van der Waals surface area contributed by atoms with Crippen LogP contribution in [0.15, 0.2) is 53.3 Å². The summed E-state index contributed by atoms with van der Waals surface area (Å²) in [5.74, 6) is 1.53. The van der Waals surface area contributed by atoms with Gasteiger partial charge in [-0.05, 0) is 34.3 Å². The Morgan fingerprint density at radius 2 is 1.76 bits per heavy atom. The molecule has 2 N–H and O–H groups in total. The SMILES string of the molecule is CCNc1ncnc(Nc2cccc3ccccc23)c1Br. The Hall–Kier alpha value is -2.14. The molecule has 2 aromatic carbocycles. The third kappa shape index (κ3) is 2.83. The van der Waals surface area contributed by atoms with E-state index in [-0.39, 0.29) is 0 Å². The van der Waals surface area contributed by atoms with E-state index in [0.717, 1.165) is 33.7 Å². The van der Waals surface area contributed by atoms with Gasteiger partial charge < -0.3 is 10.6 Å². The second-order valence-electron chi connectivity index (χ2n) is 4.57. The van der Waals surface area contributed by atoms with Crippen molar-refractivity contribution < 1.29 is 0 Å². The number of anilines is 3. The van der Waals surface area contributed by atoms with Gasteiger partial charge in [0.05, 0.1) is 0 Å². The summed E-state index contributed by atoms with van der Waals surface area (Å²) in [6.07, 6.45) is 1.55. The molecule has 106 valence electrons. The predicted octanol–water partition coefficient (Wildman–Crippen LogP) is 4.57. The maximum atomic E-state index is 4.31. The second kappa shape index (κ2) is 6.10. The summed E-state index contributed by atoms with van der Waals surface area (Å²) in [5, 5.41) is 8.93. The highest BCUT2D eigenvalue weighted by atomic mass is 79.9. The molecule has 21 heavy (non-hydrogen) atoms. The number of benzene rings is 2. The number of hydrogen-bond donors (Lipinski definition) is 2. The van der Waals surface area contributed by atoms with E-state index < -0.39 is 0 Å². The molecule has 0 fully saturated rings. The summed E-state index contributed by atoms with van der Waals surface area (Å²) in [5.41, 5.74) is 1.02. The van der Waals surface area contributed by atoms with Crippen molar-refractivity contribution in [2.24, 2.45) is 0 Å². The van der Waals surface area contributed by atoms with E-state index in [2.05, 4.69) is 54.7 Å². The topological polar surface area (TPSA) is 49.8 Å². The molecule has 3 rings (SSSR count). The molecule has 0 atom stereocenters. The lowest BCUT2D eigenvalue weighted by atomic mass is 10.1. The maximum Gasteiger partial charge on any atom is 0.150 e. The lowest BCUT2D eigenvalue weighted by molar-refractivity contribution is 1.10. The highest BCUT2D eigenvalue weighted by Gasteiger charge is 2.09. The molecule has 1 heterocycles.